The molecule has 3 aliphatic heterocycles. The molecule has 1 atom stereocenters. The number of nitrogens with one attached hydrogen (secondary N) is 1. The first-order chi connectivity index (χ1) is 9.81. The Balaban J connectivity index is 1.63. The Morgan fingerprint density at radius 2 is 1.95 bits per heavy atom. The van der Waals surface area contributed by atoms with Crippen LogP contribution in [0.2, 0.25) is 0 Å². The Labute approximate surface area is 125 Å². The molecular formula is C15H25N3O3. The van der Waals surface area contributed by atoms with E-state index < -0.39 is 5.60 Å². The third-order valence-corrected chi connectivity index (χ3v) is 4.70. The van der Waals surface area contributed by atoms with Crippen LogP contribution in [0, 0.1) is 0 Å². The number of likely N-dealkylation sites (tertiary alicyclic amines) is 1. The van der Waals surface area contributed by atoms with Gasteiger partial charge in [0.05, 0.1) is 11.7 Å². The van der Waals surface area contributed by atoms with E-state index in [9.17, 15) is 9.59 Å². The van der Waals surface area contributed by atoms with Crippen molar-refractivity contribution in [3.05, 3.63) is 0 Å². The molecule has 3 fully saturated rings. The molecule has 2 amide bonds. The van der Waals surface area contributed by atoms with Crippen LogP contribution in [0.3, 0.4) is 0 Å². The van der Waals surface area contributed by atoms with Crippen LogP contribution in [-0.4, -0.2) is 58.7 Å². The number of carbonyl (C=O) groups excluding carboxylic acids is 2. The molecule has 3 heterocycles. The van der Waals surface area contributed by atoms with Crippen molar-refractivity contribution in [3.8, 4) is 0 Å². The first-order valence-corrected chi connectivity index (χ1v) is 7.87. The van der Waals surface area contributed by atoms with Gasteiger partial charge in [-0.05, 0) is 33.6 Å². The van der Waals surface area contributed by atoms with E-state index in [1.165, 1.54) is 0 Å². The second-order valence-corrected chi connectivity index (χ2v) is 7.34. The number of hydrogen-bond donors (Lipinski definition) is 1. The minimum absolute atomic E-state index is 0.0538. The summed E-state index contributed by atoms with van der Waals surface area (Å²) >= 11 is 0. The highest BCUT2D eigenvalue weighted by Gasteiger charge is 2.53. The summed E-state index contributed by atoms with van der Waals surface area (Å²) in [4.78, 5) is 28.3. The predicted molar refractivity (Wildman–Crippen MR) is 77.6 cm³/mol. The van der Waals surface area contributed by atoms with Crippen LogP contribution < -0.4 is 5.32 Å². The summed E-state index contributed by atoms with van der Waals surface area (Å²) in [6, 6.07) is 0.0538. The van der Waals surface area contributed by atoms with E-state index in [1.54, 1.807) is 4.90 Å². The summed E-state index contributed by atoms with van der Waals surface area (Å²) in [5.74, 6) is 0.165. The zero-order chi connectivity index (χ0) is 15.3. The fraction of sp³-hybridized carbons (Fsp3) is 0.867. The minimum atomic E-state index is -0.464. The van der Waals surface area contributed by atoms with Crippen molar-refractivity contribution in [1.29, 1.82) is 0 Å². The maximum atomic E-state index is 12.1. The highest BCUT2D eigenvalue weighted by Crippen LogP contribution is 2.38. The maximum absolute atomic E-state index is 12.1. The molecule has 0 aromatic rings. The van der Waals surface area contributed by atoms with Crippen LogP contribution in [0.25, 0.3) is 0 Å². The fourth-order valence-corrected chi connectivity index (χ4v) is 3.73. The van der Waals surface area contributed by atoms with E-state index in [1.807, 2.05) is 20.8 Å². The highest BCUT2D eigenvalue weighted by atomic mass is 16.6. The molecule has 0 aromatic heterocycles. The molecule has 3 saturated heterocycles. The molecule has 0 bridgehead atoms. The average molecular weight is 295 g/mol. The Hall–Kier alpha value is -1.30. The largest absolute Gasteiger partial charge is 0.444 e. The second kappa shape index (κ2) is 4.87. The molecule has 0 aliphatic carbocycles. The van der Waals surface area contributed by atoms with E-state index in [0.29, 0.717) is 13.1 Å². The van der Waals surface area contributed by atoms with Crippen molar-refractivity contribution in [2.24, 2.45) is 0 Å². The zero-order valence-corrected chi connectivity index (χ0v) is 13.1. The van der Waals surface area contributed by atoms with Gasteiger partial charge >= 0.3 is 6.09 Å². The monoisotopic (exact) mass is 295 g/mol. The SMILES string of the molecule is CC(C)(C)OC(=O)N1CCC2(CC1)NC(=O)C1CCCN12. The number of nitrogens with zero attached hydrogens (tertiary/aromatic N) is 2. The van der Waals surface area contributed by atoms with Gasteiger partial charge < -0.3 is 15.0 Å². The molecule has 1 unspecified atom stereocenters. The summed E-state index contributed by atoms with van der Waals surface area (Å²) in [6.07, 6.45) is 3.38. The normalized spacial score (nSPS) is 28.6. The molecule has 118 valence electrons. The van der Waals surface area contributed by atoms with Crippen molar-refractivity contribution in [2.45, 2.75) is 63.8 Å². The fourth-order valence-electron chi connectivity index (χ4n) is 3.73. The van der Waals surface area contributed by atoms with Crippen LogP contribution >= 0.6 is 0 Å². The Morgan fingerprint density at radius 1 is 1.29 bits per heavy atom. The zero-order valence-electron chi connectivity index (χ0n) is 13.1. The summed E-state index contributed by atoms with van der Waals surface area (Å²) in [7, 11) is 0. The summed E-state index contributed by atoms with van der Waals surface area (Å²) in [5, 5.41) is 3.19. The summed E-state index contributed by atoms with van der Waals surface area (Å²) < 4.78 is 5.42. The Kier molecular flexibility index (Phi) is 3.39. The number of amides is 2. The van der Waals surface area contributed by atoms with Crippen molar-refractivity contribution in [3.63, 3.8) is 0 Å². The molecule has 0 saturated carbocycles. The standard InChI is InChI=1S/C15H25N3O3/c1-14(2,3)21-13(20)17-9-6-15(7-10-17)16-12(19)11-5-4-8-18(11)15/h11H,4-10H2,1-3H3,(H,16,19). The van der Waals surface area contributed by atoms with Gasteiger partial charge in [-0.15, -0.1) is 0 Å². The lowest BCUT2D eigenvalue weighted by Gasteiger charge is -2.44. The van der Waals surface area contributed by atoms with Crippen molar-refractivity contribution < 1.29 is 14.3 Å². The van der Waals surface area contributed by atoms with Gasteiger partial charge in [-0.25, -0.2) is 4.79 Å². The maximum Gasteiger partial charge on any atom is 0.410 e. The number of fused-ring (bicyclic) bond motifs is 2. The molecule has 1 spiro atoms. The van der Waals surface area contributed by atoms with Crippen molar-refractivity contribution >= 4 is 12.0 Å². The third-order valence-electron chi connectivity index (χ3n) is 4.70. The number of carbonyl (C=O) groups is 2. The van der Waals surface area contributed by atoms with Gasteiger partial charge in [0.15, 0.2) is 0 Å². The first kappa shape index (κ1) is 14.6. The predicted octanol–water partition coefficient (Wildman–Crippen LogP) is 1.31. The van der Waals surface area contributed by atoms with E-state index in [4.69, 9.17) is 4.74 Å². The number of hydrogen-bond acceptors (Lipinski definition) is 4. The quantitative estimate of drug-likeness (QED) is 0.732. The number of rotatable bonds is 0. The molecular weight excluding hydrogens is 270 g/mol. The van der Waals surface area contributed by atoms with Crippen LogP contribution in [0.5, 0.6) is 0 Å². The van der Waals surface area contributed by atoms with Crippen molar-refractivity contribution in [1.82, 2.24) is 15.1 Å². The van der Waals surface area contributed by atoms with Gasteiger partial charge in [0.1, 0.15) is 5.60 Å². The summed E-state index contributed by atoms with van der Waals surface area (Å²) in [5.41, 5.74) is -0.690. The highest BCUT2D eigenvalue weighted by molar-refractivity contribution is 5.85. The van der Waals surface area contributed by atoms with Crippen LogP contribution in [0.15, 0.2) is 0 Å². The molecule has 6 heteroatoms. The summed E-state index contributed by atoms with van der Waals surface area (Å²) in [6.45, 7) is 7.89. The van der Waals surface area contributed by atoms with Crippen LogP contribution in [0.1, 0.15) is 46.5 Å². The smallest absolute Gasteiger partial charge is 0.410 e. The van der Waals surface area contributed by atoms with Crippen LogP contribution in [0.4, 0.5) is 4.79 Å². The minimum Gasteiger partial charge on any atom is -0.444 e. The number of piperidine rings is 1. The lowest BCUT2D eigenvalue weighted by atomic mass is 9.96. The Morgan fingerprint density at radius 3 is 2.57 bits per heavy atom. The van der Waals surface area contributed by atoms with E-state index in [-0.39, 0.29) is 23.7 Å². The van der Waals surface area contributed by atoms with E-state index in [0.717, 1.165) is 32.2 Å². The molecule has 21 heavy (non-hydrogen) atoms. The topological polar surface area (TPSA) is 61.9 Å². The molecule has 0 aromatic carbocycles. The van der Waals surface area contributed by atoms with Gasteiger partial charge in [-0.3, -0.25) is 9.69 Å². The van der Waals surface area contributed by atoms with E-state index in [2.05, 4.69) is 10.2 Å². The molecule has 3 rings (SSSR count). The van der Waals surface area contributed by atoms with Gasteiger partial charge in [0, 0.05) is 32.5 Å². The molecule has 3 aliphatic rings. The molecule has 6 nitrogen and oxygen atoms in total. The van der Waals surface area contributed by atoms with E-state index >= 15 is 0 Å². The van der Waals surface area contributed by atoms with Gasteiger partial charge in [-0.1, -0.05) is 0 Å². The average Bonchev–Trinajstić information content (AvgIpc) is 2.94. The second-order valence-electron chi connectivity index (χ2n) is 7.34. The lowest BCUT2D eigenvalue weighted by Crippen LogP contribution is -2.59. The third kappa shape index (κ3) is 2.61. The van der Waals surface area contributed by atoms with Gasteiger partial charge in [-0.2, -0.15) is 0 Å². The molecule has 0 radical (unpaired) electrons. The van der Waals surface area contributed by atoms with Crippen molar-refractivity contribution in [2.75, 3.05) is 19.6 Å². The van der Waals surface area contributed by atoms with Gasteiger partial charge in [0.2, 0.25) is 5.91 Å². The molecule has 1 N–H and O–H groups in total. The van der Waals surface area contributed by atoms with Gasteiger partial charge in [0.25, 0.3) is 0 Å². The lowest BCUT2D eigenvalue weighted by molar-refractivity contribution is -0.121. The Bertz CT molecular complexity index is 450. The van der Waals surface area contributed by atoms with Crippen LogP contribution in [-0.2, 0) is 9.53 Å². The number of ether oxygens (including phenoxy) is 1. The first-order valence-electron chi connectivity index (χ1n) is 7.87.